The van der Waals surface area contributed by atoms with Crippen molar-refractivity contribution in [3.05, 3.63) is 20.8 Å². The lowest BCUT2D eigenvalue weighted by molar-refractivity contribution is 0.489. The molecule has 0 saturated heterocycles. The van der Waals surface area contributed by atoms with E-state index in [1.807, 2.05) is 0 Å². The summed E-state index contributed by atoms with van der Waals surface area (Å²) in [6, 6.07) is 0.582. The first kappa shape index (κ1) is 9.37. The molecule has 76 valence electrons. The van der Waals surface area contributed by atoms with Crippen molar-refractivity contribution in [2.75, 3.05) is 7.05 Å². The molecule has 2 unspecified atom stereocenters. The fourth-order valence-electron chi connectivity index (χ4n) is 2.67. The number of hydrogen-bond donors (Lipinski definition) is 1. The Bertz CT molecular complexity index is 356. The lowest BCUT2D eigenvalue weighted by Gasteiger charge is -2.15. The Morgan fingerprint density at radius 2 is 2.36 bits per heavy atom. The minimum atomic E-state index is 0.582. The predicted octanol–water partition coefficient (Wildman–Crippen LogP) is 3.57. The van der Waals surface area contributed by atoms with Gasteiger partial charge in [-0.3, -0.25) is 0 Å². The largest absolute Gasteiger partial charge is 0.313 e. The first-order chi connectivity index (χ1) is 6.77. The number of hydrogen-bond acceptors (Lipinski definition) is 2. The molecule has 3 heteroatoms. The van der Waals surface area contributed by atoms with Crippen LogP contribution in [0, 0.1) is 11.3 Å². The highest BCUT2D eigenvalue weighted by atomic mass is 79.9. The van der Waals surface area contributed by atoms with E-state index in [-0.39, 0.29) is 0 Å². The molecule has 2 aliphatic carbocycles. The van der Waals surface area contributed by atoms with Gasteiger partial charge in [-0.1, -0.05) is 0 Å². The van der Waals surface area contributed by atoms with Crippen molar-refractivity contribution < 1.29 is 0 Å². The maximum absolute atomic E-state index is 3.63. The molecule has 3 rings (SSSR count). The van der Waals surface area contributed by atoms with E-state index in [9.17, 15) is 0 Å². The van der Waals surface area contributed by atoms with Crippen LogP contribution in [0.1, 0.15) is 30.9 Å². The molecule has 0 bridgehead atoms. The van der Waals surface area contributed by atoms with Crippen LogP contribution in [0.15, 0.2) is 15.2 Å². The smallest absolute Gasteiger partial charge is 0.0371 e. The van der Waals surface area contributed by atoms with E-state index in [0.717, 1.165) is 11.3 Å². The highest BCUT2D eigenvalue weighted by molar-refractivity contribution is 9.10. The van der Waals surface area contributed by atoms with Crippen LogP contribution < -0.4 is 5.32 Å². The van der Waals surface area contributed by atoms with Crippen LogP contribution in [0.4, 0.5) is 0 Å². The third-order valence-corrected chi connectivity index (χ3v) is 5.59. The van der Waals surface area contributed by atoms with Crippen molar-refractivity contribution in [1.82, 2.24) is 5.32 Å². The van der Waals surface area contributed by atoms with Gasteiger partial charge in [0, 0.05) is 15.9 Å². The van der Waals surface area contributed by atoms with Gasteiger partial charge in [0.15, 0.2) is 0 Å². The van der Waals surface area contributed by atoms with Crippen LogP contribution >= 0.6 is 27.3 Å². The molecular weight excluding hydrogens is 258 g/mol. The Labute approximate surface area is 97.0 Å². The number of nitrogens with one attached hydrogen (secondary N) is 1. The van der Waals surface area contributed by atoms with E-state index in [4.69, 9.17) is 0 Å². The fraction of sp³-hybridized carbons (Fsp3) is 0.636. The topological polar surface area (TPSA) is 12.0 Å². The van der Waals surface area contributed by atoms with Gasteiger partial charge in [0.25, 0.3) is 0 Å². The second-order valence-electron chi connectivity index (χ2n) is 4.61. The molecule has 2 aliphatic rings. The van der Waals surface area contributed by atoms with Gasteiger partial charge in [-0.2, -0.15) is 11.3 Å². The molecule has 1 aromatic heterocycles. The van der Waals surface area contributed by atoms with Crippen molar-refractivity contribution in [1.29, 1.82) is 0 Å². The van der Waals surface area contributed by atoms with Gasteiger partial charge in [-0.15, -0.1) is 0 Å². The summed E-state index contributed by atoms with van der Waals surface area (Å²) >= 11 is 5.42. The predicted molar refractivity (Wildman–Crippen MR) is 63.6 cm³/mol. The second kappa shape index (κ2) is 3.06. The zero-order valence-corrected chi connectivity index (χ0v) is 10.6. The first-order valence-corrected chi connectivity index (χ1v) is 6.89. The summed E-state index contributed by atoms with van der Waals surface area (Å²) < 4.78 is 1.28. The summed E-state index contributed by atoms with van der Waals surface area (Å²) in [7, 11) is 2.09. The van der Waals surface area contributed by atoms with Crippen LogP contribution in [-0.2, 0) is 0 Å². The molecule has 1 nitrogen and oxygen atoms in total. The number of rotatable bonds is 3. The average Bonchev–Trinajstić information content (AvgIpc) is 3.05. The molecule has 0 aliphatic heterocycles. The minimum Gasteiger partial charge on any atom is -0.313 e. The number of halogens is 1. The van der Waals surface area contributed by atoms with Crippen molar-refractivity contribution >= 4 is 27.3 Å². The Morgan fingerprint density at radius 3 is 2.79 bits per heavy atom. The Kier molecular flexibility index (Phi) is 2.05. The van der Waals surface area contributed by atoms with E-state index in [2.05, 4.69) is 39.1 Å². The normalized spacial score (nSPS) is 29.1. The van der Waals surface area contributed by atoms with Crippen molar-refractivity contribution in [2.24, 2.45) is 11.3 Å². The monoisotopic (exact) mass is 271 g/mol. The van der Waals surface area contributed by atoms with Crippen molar-refractivity contribution in [3.63, 3.8) is 0 Å². The SMILES string of the molecule is CNC(c1cscc1Br)C1CC12CC2. The summed E-state index contributed by atoms with van der Waals surface area (Å²) in [5.41, 5.74) is 2.24. The van der Waals surface area contributed by atoms with Gasteiger partial charge in [0.2, 0.25) is 0 Å². The third kappa shape index (κ3) is 1.29. The molecule has 1 heterocycles. The van der Waals surface area contributed by atoms with Crippen LogP contribution in [0.3, 0.4) is 0 Å². The average molecular weight is 272 g/mol. The van der Waals surface area contributed by atoms with Crippen LogP contribution in [0.25, 0.3) is 0 Å². The quantitative estimate of drug-likeness (QED) is 0.887. The third-order valence-electron chi connectivity index (χ3n) is 3.84. The lowest BCUT2D eigenvalue weighted by atomic mass is 10.0. The lowest BCUT2D eigenvalue weighted by Crippen LogP contribution is -2.19. The van der Waals surface area contributed by atoms with Gasteiger partial charge in [0.05, 0.1) is 0 Å². The maximum atomic E-state index is 3.63. The Hall–Kier alpha value is 0.140. The van der Waals surface area contributed by atoms with E-state index in [1.54, 1.807) is 11.3 Å². The van der Waals surface area contributed by atoms with Gasteiger partial charge in [-0.05, 0) is 64.5 Å². The van der Waals surface area contributed by atoms with Crippen molar-refractivity contribution in [3.8, 4) is 0 Å². The Morgan fingerprint density at radius 1 is 1.57 bits per heavy atom. The summed E-state index contributed by atoms with van der Waals surface area (Å²) in [5, 5.41) is 7.94. The standard InChI is InChI=1S/C11H14BrNS/c1-13-10(7-5-14-6-9(7)12)8-4-11(8)2-3-11/h5-6,8,10,13H,2-4H2,1H3. The van der Waals surface area contributed by atoms with E-state index >= 15 is 0 Å². The molecule has 0 amide bonds. The molecule has 1 N–H and O–H groups in total. The molecular formula is C11H14BrNS. The van der Waals surface area contributed by atoms with Gasteiger partial charge in [0.1, 0.15) is 0 Å². The summed E-state index contributed by atoms with van der Waals surface area (Å²) in [4.78, 5) is 0. The molecule has 0 aromatic carbocycles. The zero-order valence-electron chi connectivity index (χ0n) is 8.22. The van der Waals surface area contributed by atoms with Crippen LogP contribution in [0.5, 0.6) is 0 Å². The van der Waals surface area contributed by atoms with E-state index in [1.165, 1.54) is 29.3 Å². The zero-order chi connectivity index (χ0) is 9.76. The molecule has 2 fully saturated rings. The maximum Gasteiger partial charge on any atom is 0.0371 e. The minimum absolute atomic E-state index is 0.582. The van der Waals surface area contributed by atoms with Crippen LogP contribution in [0.2, 0.25) is 0 Å². The van der Waals surface area contributed by atoms with Crippen LogP contribution in [-0.4, -0.2) is 7.05 Å². The molecule has 0 radical (unpaired) electrons. The highest BCUT2D eigenvalue weighted by Gasteiger charge is 2.65. The molecule has 14 heavy (non-hydrogen) atoms. The second-order valence-corrected chi connectivity index (χ2v) is 6.21. The summed E-state index contributed by atoms with van der Waals surface area (Å²) in [5.74, 6) is 0.901. The summed E-state index contributed by atoms with van der Waals surface area (Å²) in [6.07, 6.45) is 4.38. The van der Waals surface area contributed by atoms with E-state index < -0.39 is 0 Å². The highest BCUT2D eigenvalue weighted by Crippen LogP contribution is 2.74. The van der Waals surface area contributed by atoms with Gasteiger partial charge >= 0.3 is 0 Å². The number of thiophene rings is 1. The van der Waals surface area contributed by atoms with Crippen molar-refractivity contribution in [2.45, 2.75) is 25.3 Å². The fourth-order valence-corrected chi connectivity index (χ4v) is 4.25. The molecule has 1 spiro atoms. The molecule has 2 saturated carbocycles. The first-order valence-electron chi connectivity index (χ1n) is 5.16. The molecule has 1 aromatic rings. The van der Waals surface area contributed by atoms with Gasteiger partial charge < -0.3 is 5.32 Å². The summed E-state index contributed by atoms with van der Waals surface area (Å²) in [6.45, 7) is 0. The Balaban J connectivity index is 1.84. The molecule has 2 atom stereocenters. The van der Waals surface area contributed by atoms with Gasteiger partial charge in [-0.25, -0.2) is 0 Å². The van der Waals surface area contributed by atoms with E-state index in [0.29, 0.717) is 6.04 Å².